The molecule has 1 radical (unpaired) electrons. The number of hydrogen-bond acceptors (Lipinski definition) is 4. The van der Waals surface area contributed by atoms with Crippen molar-refractivity contribution in [3.8, 4) is 11.3 Å². The van der Waals surface area contributed by atoms with Gasteiger partial charge in [0.2, 0.25) is 0 Å². The van der Waals surface area contributed by atoms with Crippen LogP contribution in [0.2, 0.25) is 6.04 Å². The monoisotopic (exact) mass is 973 g/mol. The van der Waals surface area contributed by atoms with Crippen LogP contribution in [0.25, 0.3) is 32.1 Å². The Hall–Kier alpha value is -3.67. The normalized spacial score (nSPS) is 12.3. The fourth-order valence-corrected chi connectivity index (χ4v) is 16.4. The van der Waals surface area contributed by atoms with E-state index in [2.05, 4.69) is 145 Å². The van der Waals surface area contributed by atoms with Crippen LogP contribution in [0.4, 0.5) is 0 Å². The molecule has 0 aliphatic heterocycles. The van der Waals surface area contributed by atoms with Crippen molar-refractivity contribution in [3.05, 3.63) is 132 Å². The number of allylic oxidation sites excluding steroid dienone is 2. The molecule has 0 spiro atoms. The number of carbonyl (C=O) groups excluding carboxylic acids is 1. The van der Waals surface area contributed by atoms with Crippen LogP contribution >= 0.6 is 11.3 Å². The second-order valence-electron chi connectivity index (χ2n) is 16.7. The van der Waals surface area contributed by atoms with E-state index in [0.29, 0.717) is 5.92 Å². The topological polar surface area (TPSA) is 50.2 Å². The van der Waals surface area contributed by atoms with Crippen molar-refractivity contribution in [2.24, 2.45) is 17.8 Å². The van der Waals surface area contributed by atoms with Gasteiger partial charge < -0.3 is 5.11 Å². The van der Waals surface area contributed by atoms with E-state index < -0.39 is 8.07 Å². The molecule has 0 bridgehead atoms. The second-order valence-corrected chi connectivity index (χ2v) is 22.0. The first-order chi connectivity index (χ1) is 26.8. The molecule has 6 rings (SSSR count). The Kier molecular flexibility index (Phi) is 16.4. The van der Waals surface area contributed by atoms with Crippen molar-refractivity contribution in [2.45, 2.75) is 106 Å². The molecular weight excluding hydrogens is 911 g/mol. The maximum Gasteiger partial charge on any atom is 0.162 e. The Morgan fingerprint density at radius 1 is 0.807 bits per heavy atom. The standard InChI is InChI=1S/C38H38NSSi.C13H24O2.Ir/c1-26(2)25-41(30-16-9-7-10-17-30,31-18-11-8-12-19-31)37-27(3)32-21-22-39-35(36(32)40-37)29-23-28-15-13-14-20-33(28)34(24-29)38(4,5)6;1-5-10(6-2)12(14)9-13(15)11(7-3)8-4;/h7-22,24,26H,25H2,1-6H3;9-11,14H,5-8H2,1-4H3;/q-1;;/b;12-9-;. The molecule has 4 aromatic carbocycles. The van der Waals surface area contributed by atoms with Gasteiger partial charge in [0.1, 0.15) is 0 Å². The van der Waals surface area contributed by atoms with Gasteiger partial charge in [-0.2, -0.15) is 0 Å². The number of hydrogen-bond donors (Lipinski definition) is 1. The van der Waals surface area contributed by atoms with Crippen LogP contribution in [-0.2, 0) is 30.3 Å². The largest absolute Gasteiger partial charge is 0.512 e. The Morgan fingerprint density at radius 2 is 1.35 bits per heavy atom. The van der Waals surface area contributed by atoms with E-state index in [1.54, 1.807) is 4.50 Å². The summed E-state index contributed by atoms with van der Waals surface area (Å²) < 4.78 is 2.82. The maximum absolute atomic E-state index is 11.7. The fraction of sp³-hybridized carbons (Fsp3) is 0.373. The van der Waals surface area contributed by atoms with Gasteiger partial charge in [0, 0.05) is 59.1 Å². The van der Waals surface area contributed by atoms with E-state index in [9.17, 15) is 9.90 Å². The summed E-state index contributed by atoms with van der Waals surface area (Å²) in [4.78, 5) is 16.8. The number of benzene rings is 4. The third kappa shape index (κ3) is 10.1. The van der Waals surface area contributed by atoms with Crippen molar-refractivity contribution < 1.29 is 30.0 Å². The second kappa shape index (κ2) is 20.3. The molecule has 0 aliphatic carbocycles. The number of fused-ring (bicyclic) bond motifs is 2. The molecular formula is C51H62IrNO2SSi-. The summed E-state index contributed by atoms with van der Waals surface area (Å²) >= 11 is 1.98. The molecule has 0 saturated carbocycles. The van der Waals surface area contributed by atoms with E-state index in [-0.39, 0.29) is 48.9 Å². The summed E-state index contributed by atoms with van der Waals surface area (Å²) in [5.74, 6) is 1.11. The smallest absolute Gasteiger partial charge is 0.162 e. The average Bonchev–Trinajstić information content (AvgIpc) is 3.54. The molecule has 0 saturated heterocycles. The Morgan fingerprint density at radius 3 is 1.88 bits per heavy atom. The third-order valence-electron chi connectivity index (χ3n) is 11.4. The van der Waals surface area contributed by atoms with Crippen molar-refractivity contribution in [2.75, 3.05) is 0 Å². The summed E-state index contributed by atoms with van der Waals surface area (Å²) in [6.45, 7) is 22.1. The van der Waals surface area contributed by atoms with E-state index in [0.717, 1.165) is 48.4 Å². The van der Waals surface area contributed by atoms with Crippen LogP contribution in [0.5, 0.6) is 0 Å². The Bertz CT molecular complexity index is 2210. The van der Waals surface area contributed by atoms with Crippen molar-refractivity contribution in [1.29, 1.82) is 0 Å². The fourth-order valence-electron chi connectivity index (χ4n) is 8.32. The number of rotatable bonds is 13. The van der Waals surface area contributed by atoms with Gasteiger partial charge in [0.05, 0.1) is 5.76 Å². The minimum absolute atomic E-state index is 0. The van der Waals surface area contributed by atoms with Crippen molar-refractivity contribution >= 4 is 60.9 Å². The zero-order chi connectivity index (χ0) is 40.6. The van der Waals surface area contributed by atoms with E-state index in [4.69, 9.17) is 4.98 Å². The van der Waals surface area contributed by atoms with Gasteiger partial charge >= 0.3 is 0 Å². The number of aliphatic hydroxyl groups excluding tert-OH is 1. The molecule has 2 aromatic heterocycles. The average molecular weight is 973 g/mol. The van der Waals surface area contributed by atoms with Gasteiger partial charge in [0.15, 0.2) is 13.9 Å². The minimum atomic E-state index is -2.34. The SMILES string of the molecule is CCC(CC)C(=O)/C=C(\O)C(CC)CC.Cc1c([Si](CC(C)C)(c2ccccc2)c2ccccc2)sc2c(-c3[c-]c4ccccc4c(C(C)(C)C)c3)nccc12.[Ir]. The third-order valence-corrected chi connectivity index (χ3v) is 19.1. The van der Waals surface area contributed by atoms with Gasteiger partial charge in [-0.1, -0.05) is 152 Å². The van der Waals surface area contributed by atoms with Crippen LogP contribution < -0.4 is 14.9 Å². The molecule has 57 heavy (non-hydrogen) atoms. The van der Waals surface area contributed by atoms with Crippen LogP contribution in [0.15, 0.2) is 115 Å². The predicted octanol–water partition coefficient (Wildman–Crippen LogP) is 12.5. The first-order valence-electron chi connectivity index (χ1n) is 20.7. The zero-order valence-electron chi connectivity index (χ0n) is 35.7. The molecule has 6 heteroatoms. The van der Waals surface area contributed by atoms with Gasteiger partial charge in [-0.25, -0.2) is 0 Å². The summed E-state index contributed by atoms with van der Waals surface area (Å²) in [5.41, 5.74) is 4.89. The number of carbonyl (C=O) groups is 1. The number of nitrogens with zero attached hydrogens (tertiary/aromatic N) is 1. The minimum Gasteiger partial charge on any atom is -0.512 e. The molecule has 3 nitrogen and oxygen atoms in total. The molecule has 0 atom stereocenters. The number of pyridine rings is 1. The molecule has 0 fully saturated rings. The van der Waals surface area contributed by atoms with Crippen LogP contribution in [0.3, 0.4) is 0 Å². The van der Waals surface area contributed by atoms with Crippen LogP contribution in [0, 0.1) is 30.7 Å². The van der Waals surface area contributed by atoms with E-state index >= 15 is 0 Å². The van der Waals surface area contributed by atoms with Crippen LogP contribution in [-0.4, -0.2) is 23.9 Å². The molecule has 1 N–H and O–H groups in total. The Balaban J connectivity index is 0.000000385. The Labute approximate surface area is 361 Å². The van der Waals surface area contributed by atoms with Gasteiger partial charge in [-0.3, -0.25) is 9.78 Å². The van der Waals surface area contributed by atoms with Crippen molar-refractivity contribution in [1.82, 2.24) is 4.98 Å². The number of aliphatic hydroxyl groups is 1. The van der Waals surface area contributed by atoms with Crippen molar-refractivity contribution in [3.63, 3.8) is 0 Å². The first kappa shape index (κ1) is 46.0. The zero-order valence-corrected chi connectivity index (χ0v) is 39.9. The quantitative estimate of drug-likeness (QED) is 0.0543. The molecule has 0 unspecified atom stereocenters. The molecule has 2 heterocycles. The van der Waals surface area contributed by atoms with Gasteiger partial charge in [-0.15, -0.1) is 40.5 Å². The van der Waals surface area contributed by atoms with Crippen LogP contribution in [0.1, 0.15) is 99.1 Å². The van der Waals surface area contributed by atoms with E-state index in [1.807, 2.05) is 45.2 Å². The van der Waals surface area contributed by atoms with Gasteiger partial charge in [0.25, 0.3) is 0 Å². The maximum atomic E-state index is 11.7. The molecule has 0 aliphatic rings. The predicted molar refractivity (Wildman–Crippen MR) is 246 cm³/mol. The molecule has 0 amide bonds. The van der Waals surface area contributed by atoms with E-state index in [1.165, 1.54) is 43.0 Å². The summed E-state index contributed by atoms with van der Waals surface area (Å²) in [5, 5.41) is 16.5. The number of aromatic nitrogens is 1. The molecule has 303 valence electrons. The molecule has 6 aromatic rings. The first-order valence-corrected chi connectivity index (χ1v) is 23.7. The summed E-state index contributed by atoms with van der Waals surface area (Å²) in [6.07, 6.45) is 6.90. The summed E-state index contributed by atoms with van der Waals surface area (Å²) in [7, 11) is -2.34. The summed E-state index contributed by atoms with van der Waals surface area (Å²) in [6, 6.07) is 40.8. The number of ketones is 1. The number of thiophene rings is 1. The van der Waals surface area contributed by atoms with Gasteiger partial charge in [-0.05, 0) is 77.4 Å². The number of aryl methyl sites for hydroxylation is 1.